The number of hydrogen-bond acceptors (Lipinski definition) is 4. The van der Waals surface area contributed by atoms with Gasteiger partial charge in [-0.25, -0.2) is 0 Å². The number of carbonyl (C=O) groups is 3. The molecule has 0 aromatic heterocycles. The molecular formula is C33H43N3O4. The van der Waals surface area contributed by atoms with Crippen LogP contribution in [-0.2, 0) is 19.1 Å². The van der Waals surface area contributed by atoms with E-state index in [4.69, 9.17) is 4.74 Å². The van der Waals surface area contributed by atoms with Crippen molar-refractivity contribution < 1.29 is 19.1 Å². The highest BCUT2D eigenvalue weighted by Crippen LogP contribution is 2.55. The van der Waals surface area contributed by atoms with E-state index in [-0.39, 0.29) is 23.8 Å². The third-order valence-electron chi connectivity index (χ3n) is 9.78. The number of hydrogen-bond donors (Lipinski definition) is 2. The number of amides is 3. The Morgan fingerprint density at radius 1 is 1.05 bits per heavy atom. The van der Waals surface area contributed by atoms with E-state index in [0.717, 1.165) is 44.9 Å². The number of nitrogens with one attached hydrogen (secondary N) is 2. The number of likely N-dealkylation sites (tertiary alicyclic amines) is 1. The zero-order valence-electron chi connectivity index (χ0n) is 23.9. The smallest absolute Gasteiger partial charge is 0.246 e. The first-order valence-electron chi connectivity index (χ1n) is 15.4. The summed E-state index contributed by atoms with van der Waals surface area (Å²) >= 11 is 0. The number of ether oxygens (including phenoxy) is 1. The van der Waals surface area contributed by atoms with E-state index in [1.165, 1.54) is 30.4 Å². The Hall–Kier alpha value is -2.93. The van der Waals surface area contributed by atoms with Gasteiger partial charge < -0.3 is 20.3 Å². The Kier molecular flexibility index (Phi) is 7.60. The van der Waals surface area contributed by atoms with Gasteiger partial charge in [-0.1, -0.05) is 69.0 Å². The molecule has 3 fully saturated rings. The van der Waals surface area contributed by atoms with Crippen molar-refractivity contribution in [2.75, 3.05) is 11.9 Å². The van der Waals surface area contributed by atoms with Crippen LogP contribution in [0.4, 0.5) is 5.69 Å². The van der Waals surface area contributed by atoms with Crippen molar-refractivity contribution in [2.24, 2.45) is 11.8 Å². The standard InChI is InChI=1S/C33H43N3O4/c1-21(2)23-13-15-25(16-14-23)34-30(37)27-26-17-19-33(40-26)28(27)32(39)36(20-18-22-9-5-3-6-10-22)29(33)31(38)35-24-11-7-4-8-12-24/h9,13-17,19,21,24,26-29H,3-8,10-12,18,20H2,1-2H3,(H,34,37)(H,35,38)/t26-,27?,28-,29?,33?/m1/s1. The predicted octanol–water partition coefficient (Wildman–Crippen LogP) is 5.24. The summed E-state index contributed by atoms with van der Waals surface area (Å²) in [6, 6.07) is 7.23. The zero-order valence-corrected chi connectivity index (χ0v) is 23.9. The number of anilines is 1. The van der Waals surface area contributed by atoms with Crippen molar-refractivity contribution in [3.05, 3.63) is 53.6 Å². The SMILES string of the molecule is CC(C)c1ccc(NC(=O)C2[C@H]3C=CC4(O3)C(C(=O)NC3CCCCC3)N(CCC3=CCCCC3)C(=O)[C@@H]24)cc1. The van der Waals surface area contributed by atoms with Crippen LogP contribution in [0.2, 0.25) is 0 Å². The maximum absolute atomic E-state index is 14.2. The molecule has 2 aliphatic carbocycles. The third-order valence-corrected chi connectivity index (χ3v) is 9.78. The molecule has 3 unspecified atom stereocenters. The molecule has 6 rings (SSSR count). The molecule has 2 N–H and O–H groups in total. The van der Waals surface area contributed by atoms with Crippen LogP contribution in [0.15, 0.2) is 48.1 Å². The Labute approximate surface area is 237 Å². The number of fused-ring (bicyclic) bond motifs is 1. The maximum atomic E-state index is 14.2. The predicted molar refractivity (Wildman–Crippen MR) is 155 cm³/mol. The molecule has 5 atom stereocenters. The van der Waals surface area contributed by atoms with E-state index < -0.39 is 29.6 Å². The molecular weight excluding hydrogens is 502 g/mol. The minimum absolute atomic E-state index is 0.130. The van der Waals surface area contributed by atoms with Crippen LogP contribution < -0.4 is 10.6 Å². The maximum Gasteiger partial charge on any atom is 0.246 e. The van der Waals surface area contributed by atoms with Crippen molar-refractivity contribution in [3.63, 3.8) is 0 Å². The van der Waals surface area contributed by atoms with Crippen LogP contribution in [0.5, 0.6) is 0 Å². The molecule has 7 nitrogen and oxygen atoms in total. The second-order valence-electron chi connectivity index (χ2n) is 12.7. The van der Waals surface area contributed by atoms with Gasteiger partial charge in [0.2, 0.25) is 17.7 Å². The first-order chi connectivity index (χ1) is 19.4. The minimum atomic E-state index is -1.11. The molecule has 1 aromatic carbocycles. The fourth-order valence-corrected chi connectivity index (χ4v) is 7.61. The van der Waals surface area contributed by atoms with Crippen molar-refractivity contribution in [3.8, 4) is 0 Å². The summed E-state index contributed by atoms with van der Waals surface area (Å²) in [7, 11) is 0. The van der Waals surface area contributed by atoms with E-state index in [0.29, 0.717) is 18.2 Å². The molecule has 2 bridgehead atoms. The summed E-state index contributed by atoms with van der Waals surface area (Å²) in [5.41, 5.74) is 2.16. The van der Waals surface area contributed by atoms with Crippen molar-refractivity contribution >= 4 is 23.4 Å². The first-order valence-corrected chi connectivity index (χ1v) is 15.4. The highest BCUT2D eigenvalue weighted by molar-refractivity contribution is 6.02. The lowest BCUT2D eigenvalue weighted by molar-refractivity contribution is -0.141. The number of allylic oxidation sites excluding steroid dienone is 1. The van der Waals surface area contributed by atoms with E-state index in [9.17, 15) is 14.4 Å². The first kappa shape index (κ1) is 27.3. The van der Waals surface area contributed by atoms with Gasteiger partial charge in [0.05, 0.1) is 17.9 Å². The van der Waals surface area contributed by atoms with Crippen molar-refractivity contribution in [2.45, 2.75) is 108 Å². The van der Waals surface area contributed by atoms with Gasteiger partial charge in [0.15, 0.2) is 0 Å². The Bertz CT molecular complexity index is 1200. The van der Waals surface area contributed by atoms with Crippen molar-refractivity contribution in [1.29, 1.82) is 0 Å². The average molecular weight is 546 g/mol. The van der Waals surface area contributed by atoms with Gasteiger partial charge in [-0.15, -0.1) is 0 Å². The van der Waals surface area contributed by atoms with Crippen LogP contribution in [0.25, 0.3) is 0 Å². The van der Waals surface area contributed by atoms with E-state index in [1.807, 2.05) is 36.4 Å². The molecule has 3 amide bonds. The lowest BCUT2D eigenvalue weighted by Gasteiger charge is -2.34. The summed E-state index contributed by atoms with van der Waals surface area (Å²) < 4.78 is 6.51. The summed E-state index contributed by atoms with van der Waals surface area (Å²) in [4.78, 5) is 43.6. The fourth-order valence-electron chi connectivity index (χ4n) is 7.61. The Morgan fingerprint density at radius 3 is 2.52 bits per heavy atom. The number of rotatable bonds is 8. The van der Waals surface area contributed by atoms with Gasteiger partial charge in [0, 0.05) is 18.3 Å². The largest absolute Gasteiger partial charge is 0.359 e. The quantitative estimate of drug-likeness (QED) is 0.438. The Morgan fingerprint density at radius 2 is 1.82 bits per heavy atom. The molecule has 1 spiro atoms. The molecule has 40 heavy (non-hydrogen) atoms. The second kappa shape index (κ2) is 11.2. The second-order valence-corrected chi connectivity index (χ2v) is 12.7. The number of nitrogens with zero attached hydrogens (tertiary/aromatic N) is 1. The van der Waals surface area contributed by atoms with Crippen LogP contribution in [0.3, 0.4) is 0 Å². The van der Waals surface area contributed by atoms with Gasteiger partial charge in [-0.05, 0) is 68.6 Å². The molecule has 214 valence electrons. The van der Waals surface area contributed by atoms with Gasteiger partial charge in [-0.2, -0.15) is 0 Å². The van der Waals surface area contributed by atoms with Gasteiger partial charge in [-0.3, -0.25) is 14.4 Å². The normalized spacial score (nSPS) is 31.4. The average Bonchev–Trinajstić information content (AvgIpc) is 3.60. The Balaban J connectivity index is 1.26. The summed E-state index contributed by atoms with van der Waals surface area (Å²) in [6.45, 7) is 4.74. The molecule has 5 aliphatic rings. The van der Waals surface area contributed by atoms with Crippen LogP contribution in [-0.4, -0.2) is 53.0 Å². The number of carbonyl (C=O) groups excluding carboxylic acids is 3. The van der Waals surface area contributed by atoms with Gasteiger partial charge in [0.25, 0.3) is 0 Å². The highest BCUT2D eigenvalue weighted by atomic mass is 16.5. The van der Waals surface area contributed by atoms with E-state index >= 15 is 0 Å². The van der Waals surface area contributed by atoms with E-state index in [2.05, 4.69) is 30.6 Å². The zero-order chi connectivity index (χ0) is 27.9. The van der Waals surface area contributed by atoms with Gasteiger partial charge >= 0.3 is 0 Å². The lowest BCUT2D eigenvalue weighted by atomic mass is 9.74. The summed E-state index contributed by atoms with van der Waals surface area (Å²) in [6.07, 6.45) is 16.2. The molecule has 1 saturated carbocycles. The lowest BCUT2D eigenvalue weighted by Crippen LogP contribution is -2.56. The molecule has 2 saturated heterocycles. The molecule has 7 heteroatoms. The molecule has 0 radical (unpaired) electrons. The molecule has 3 aliphatic heterocycles. The van der Waals surface area contributed by atoms with Crippen LogP contribution in [0, 0.1) is 11.8 Å². The number of benzene rings is 1. The summed E-state index contributed by atoms with van der Waals surface area (Å²) in [5, 5.41) is 6.32. The van der Waals surface area contributed by atoms with Crippen LogP contribution >= 0.6 is 0 Å². The third kappa shape index (κ3) is 4.91. The van der Waals surface area contributed by atoms with E-state index in [1.54, 1.807) is 4.90 Å². The molecule has 3 heterocycles. The topological polar surface area (TPSA) is 87.7 Å². The van der Waals surface area contributed by atoms with Crippen molar-refractivity contribution in [1.82, 2.24) is 10.2 Å². The molecule has 1 aromatic rings. The summed E-state index contributed by atoms with van der Waals surface area (Å²) in [5.74, 6) is -1.49. The highest BCUT2D eigenvalue weighted by Gasteiger charge is 2.72. The fraction of sp³-hybridized carbons (Fsp3) is 0.606. The monoisotopic (exact) mass is 545 g/mol. The van der Waals surface area contributed by atoms with Gasteiger partial charge in [0.1, 0.15) is 11.6 Å². The minimum Gasteiger partial charge on any atom is -0.359 e. The van der Waals surface area contributed by atoms with Crippen LogP contribution in [0.1, 0.15) is 89.5 Å².